The van der Waals surface area contributed by atoms with Gasteiger partial charge in [-0.2, -0.15) is 0 Å². The average Bonchev–Trinajstić information content (AvgIpc) is 2.81. The van der Waals surface area contributed by atoms with E-state index in [9.17, 15) is 4.39 Å². The second kappa shape index (κ2) is 12.8. The molecule has 176 valence electrons. The monoisotopic (exact) mass is 557 g/mol. The maximum Gasteiger partial charge on any atom is 0.191 e. The lowest BCUT2D eigenvalue weighted by Crippen LogP contribution is -2.48. The normalized spacial score (nSPS) is 15.4. The highest BCUT2D eigenvalue weighted by Crippen LogP contribution is 2.34. The number of rotatable bonds is 8. The van der Waals surface area contributed by atoms with Gasteiger partial charge in [-0.25, -0.2) is 9.38 Å². The SMILES string of the molecule is CCNC(=NCc1ccc(OC)c(OC)c1)NCC1(c2ccc(F)cc2)CCOCC1.I. The van der Waals surface area contributed by atoms with Crippen molar-refractivity contribution in [2.24, 2.45) is 4.99 Å². The van der Waals surface area contributed by atoms with Crippen LogP contribution in [0.25, 0.3) is 0 Å². The fourth-order valence-electron chi connectivity index (χ4n) is 3.88. The molecule has 2 aromatic rings. The number of hydrogen-bond acceptors (Lipinski definition) is 4. The third-order valence-electron chi connectivity index (χ3n) is 5.71. The number of hydrogen-bond donors (Lipinski definition) is 2. The van der Waals surface area contributed by atoms with E-state index in [2.05, 4.69) is 10.6 Å². The molecule has 0 radical (unpaired) electrons. The lowest BCUT2D eigenvalue weighted by atomic mass is 9.74. The molecule has 1 aliphatic heterocycles. The first kappa shape index (κ1) is 26.2. The zero-order valence-electron chi connectivity index (χ0n) is 18.9. The standard InChI is InChI=1S/C24H32FN3O3.HI/c1-4-26-23(27-16-18-5-10-21(29-2)22(15-18)30-3)28-17-24(11-13-31-14-12-24)19-6-8-20(25)9-7-19;/h5-10,15H,4,11-14,16-17H2,1-3H3,(H2,26,27,28);1H. The first-order valence-electron chi connectivity index (χ1n) is 10.7. The van der Waals surface area contributed by atoms with Gasteiger partial charge in [-0.15, -0.1) is 24.0 Å². The van der Waals surface area contributed by atoms with Crippen LogP contribution in [0.5, 0.6) is 11.5 Å². The van der Waals surface area contributed by atoms with Gasteiger partial charge in [-0.1, -0.05) is 18.2 Å². The van der Waals surface area contributed by atoms with Crippen molar-refractivity contribution in [1.29, 1.82) is 0 Å². The minimum absolute atomic E-state index is 0. The fourth-order valence-corrected chi connectivity index (χ4v) is 3.88. The Morgan fingerprint density at radius 3 is 2.34 bits per heavy atom. The third-order valence-corrected chi connectivity index (χ3v) is 5.71. The van der Waals surface area contributed by atoms with Gasteiger partial charge in [0.15, 0.2) is 17.5 Å². The number of methoxy groups -OCH3 is 2. The summed E-state index contributed by atoms with van der Waals surface area (Å²) < 4.78 is 29.8. The molecule has 0 bridgehead atoms. The molecule has 0 atom stereocenters. The van der Waals surface area contributed by atoms with E-state index in [4.69, 9.17) is 19.2 Å². The number of aliphatic imine (C=N–C) groups is 1. The van der Waals surface area contributed by atoms with Gasteiger partial charge >= 0.3 is 0 Å². The minimum Gasteiger partial charge on any atom is -0.493 e. The molecule has 1 saturated heterocycles. The van der Waals surface area contributed by atoms with Crippen LogP contribution in [-0.4, -0.2) is 46.5 Å². The molecule has 0 aromatic heterocycles. The summed E-state index contributed by atoms with van der Waals surface area (Å²) in [6.07, 6.45) is 1.75. The maximum atomic E-state index is 13.5. The molecule has 0 saturated carbocycles. The highest BCUT2D eigenvalue weighted by atomic mass is 127. The van der Waals surface area contributed by atoms with E-state index in [0.29, 0.717) is 37.8 Å². The molecular weight excluding hydrogens is 524 g/mol. The molecule has 0 aliphatic carbocycles. The zero-order chi connectivity index (χ0) is 22.1. The fraction of sp³-hybridized carbons (Fsp3) is 0.458. The topological polar surface area (TPSA) is 64.1 Å². The largest absolute Gasteiger partial charge is 0.493 e. The Morgan fingerprint density at radius 1 is 1.03 bits per heavy atom. The Hall–Kier alpha value is -2.07. The molecule has 6 nitrogen and oxygen atoms in total. The van der Waals surface area contributed by atoms with Crippen LogP contribution < -0.4 is 20.1 Å². The lowest BCUT2D eigenvalue weighted by molar-refractivity contribution is 0.0513. The van der Waals surface area contributed by atoms with Crippen molar-refractivity contribution >= 4 is 29.9 Å². The van der Waals surface area contributed by atoms with E-state index in [1.807, 2.05) is 37.3 Å². The van der Waals surface area contributed by atoms with Crippen LogP contribution in [0.3, 0.4) is 0 Å². The maximum absolute atomic E-state index is 13.5. The summed E-state index contributed by atoms with van der Waals surface area (Å²) in [4.78, 5) is 4.74. The molecule has 0 spiro atoms. The van der Waals surface area contributed by atoms with Gasteiger partial charge in [0.05, 0.1) is 20.8 Å². The summed E-state index contributed by atoms with van der Waals surface area (Å²) >= 11 is 0. The molecule has 1 fully saturated rings. The predicted octanol–water partition coefficient (Wildman–Crippen LogP) is 4.26. The number of benzene rings is 2. The van der Waals surface area contributed by atoms with Gasteiger partial charge in [0.2, 0.25) is 0 Å². The molecule has 2 aromatic carbocycles. The van der Waals surface area contributed by atoms with Gasteiger partial charge in [-0.05, 0) is 55.2 Å². The third kappa shape index (κ3) is 6.71. The van der Waals surface area contributed by atoms with Crippen LogP contribution in [0.4, 0.5) is 4.39 Å². The van der Waals surface area contributed by atoms with Crippen LogP contribution in [0, 0.1) is 5.82 Å². The van der Waals surface area contributed by atoms with Crippen molar-refractivity contribution in [2.45, 2.75) is 31.7 Å². The highest BCUT2D eigenvalue weighted by Gasteiger charge is 2.34. The quantitative estimate of drug-likeness (QED) is 0.289. The molecule has 32 heavy (non-hydrogen) atoms. The lowest BCUT2D eigenvalue weighted by Gasteiger charge is -2.38. The summed E-state index contributed by atoms with van der Waals surface area (Å²) in [6, 6.07) is 12.6. The van der Waals surface area contributed by atoms with Crippen molar-refractivity contribution in [2.75, 3.05) is 40.5 Å². The van der Waals surface area contributed by atoms with Gasteiger partial charge < -0.3 is 24.8 Å². The molecule has 8 heteroatoms. The summed E-state index contributed by atoms with van der Waals surface area (Å²) in [5.41, 5.74) is 2.03. The van der Waals surface area contributed by atoms with E-state index >= 15 is 0 Å². The first-order valence-corrected chi connectivity index (χ1v) is 10.7. The van der Waals surface area contributed by atoms with Crippen LogP contribution in [0.15, 0.2) is 47.5 Å². The number of halogens is 2. The Labute approximate surface area is 207 Å². The smallest absolute Gasteiger partial charge is 0.191 e. The zero-order valence-corrected chi connectivity index (χ0v) is 21.3. The Bertz CT molecular complexity index is 871. The number of nitrogens with one attached hydrogen (secondary N) is 2. The highest BCUT2D eigenvalue weighted by molar-refractivity contribution is 14.0. The Kier molecular flexibility index (Phi) is 10.5. The Morgan fingerprint density at radius 2 is 1.72 bits per heavy atom. The first-order chi connectivity index (χ1) is 15.1. The minimum atomic E-state index is -0.219. The molecule has 1 aliphatic rings. The van der Waals surface area contributed by atoms with E-state index in [1.165, 1.54) is 12.1 Å². The number of ether oxygens (including phenoxy) is 3. The Balaban J connectivity index is 0.00000363. The van der Waals surface area contributed by atoms with Gasteiger partial charge in [0, 0.05) is 31.7 Å². The van der Waals surface area contributed by atoms with Crippen molar-refractivity contribution < 1.29 is 18.6 Å². The van der Waals surface area contributed by atoms with E-state index in [-0.39, 0.29) is 35.2 Å². The van der Waals surface area contributed by atoms with Crippen molar-refractivity contribution in [3.63, 3.8) is 0 Å². The molecule has 0 amide bonds. The molecule has 2 N–H and O–H groups in total. The van der Waals surface area contributed by atoms with Crippen LogP contribution >= 0.6 is 24.0 Å². The summed E-state index contributed by atoms with van der Waals surface area (Å²) in [6.45, 7) is 5.38. The van der Waals surface area contributed by atoms with Gasteiger partial charge in [-0.3, -0.25) is 0 Å². The van der Waals surface area contributed by atoms with E-state index in [0.717, 1.165) is 36.5 Å². The summed E-state index contributed by atoms with van der Waals surface area (Å²) in [5.74, 6) is 1.90. The van der Waals surface area contributed by atoms with Crippen LogP contribution in [0.2, 0.25) is 0 Å². The van der Waals surface area contributed by atoms with Crippen molar-refractivity contribution in [3.8, 4) is 11.5 Å². The van der Waals surface area contributed by atoms with E-state index in [1.54, 1.807) is 14.2 Å². The van der Waals surface area contributed by atoms with Gasteiger partial charge in [0.1, 0.15) is 5.82 Å². The second-order valence-electron chi connectivity index (χ2n) is 7.64. The number of nitrogens with zero attached hydrogens (tertiary/aromatic N) is 1. The average molecular weight is 557 g/mol. The van der Waals surface area contributed by atoms with E-state index < -0.39 is 0 Å². The second-order valence-corrected chi connectivity index (χ2v) is 7.64. The molecule has 0 unspecified atom stereocenters. The molecule has 3 rings (SSSR count). The van der Waals surface area contributed by atoms with Crippen molar-refractivity contribution in [3.05, 3.63) is 59.4 Å². The predicted molar refractivity (Wildman–Crippen MR) is 136 cm³/mol. The van der Waals surface area contributed by atoms with Crippen LogP contribution in [0.1, 0.15) is 30.9 Å². The molecular formula is C24H33FIN3O3. The molecule has 1 heterocycles. The summed E-state index contributed by atoms with van der Waals surface area (Å²) in [5, 5.41) is 6.81. The summed E-state index contributed by atoms with van der Waals surface area (Å²) in [7, 11) is 3.25. The van der Waals surface area contributed by atoms with Crippen molar-refractivity contribution in [1.82, 2.24) is 10.6 Å². The number of guanidine groups is 1. The van der Waals surface area contributed by atoms with Gasteiger partial charge in [0.25, 0.3) is 0 Å². The van der Waals surface area contributed by atoms with Crippen LogP contribution in [-0.2, 0) is 16.7 Å².